The van der Waals surface area contributed by atoms with Crippen LogP contribution < -0.4 is 0 Å². The molecule has 0 aliphatic heterocycles. The summed E-state index contributed by atoms with van der Waals surface area (Å²) < 4.78 is 38.8. The molecule has 2 aromatic carbocycles. The molecule has 3 rings (SSSR count). The zero-order valence-corrected chi connectivity index (χ0v) is 10.6. The molecule has 0 radical (unpaired) electrons. The molecular weight excluding hydrogens is 263 g/mol. The van der Waals surface area contributed by atoms with Crippen LogP contribution in [0.15, 0.2) is 53.5 Å². The standard InChI is InChI=1S/C16H12F3N/c17-16(18,19)13-7-3-4-8-15(13)20-14-10-9-11-5-1-2-6-12(11)14/h1-8H,9-10H2. The average molecular weight is 275 g/mol. The maximum absolute atomic E-state index is 12.9. The molecule has 0 aromatic heterocycles. The predicted octanol–water partition coefficient (Wildman–Crippen LogP) is 4.77. The summed E-state index contributed by atoms with van der Waals surface area (Å²) in [5.41, 5.74) is 2.15. The second kappa shape index (κ2) is 4.78. The van der Waals surface area contributed by atoms with Crippen molar-refractivity contribution in [1.82, 2.24) is 0 Å². The molecule has 102 valence electrons. The van der Waals surface area contributed by atoms with Gasteiger partial charge in [-0.05, 0) is 36.1 Å². The molecule has 2 aromatic rings. The molecule has 0 spiro atoms. The molecule has 4 heteroatoms. The lowest BCUT2D eigenvalue weighted by molar-refractivity contribution is -0.137. The van der Waals surface area contributed by atoms with E-state index in [0.717, 1.165) is 29.3 Å². The Morgan fingerprint density at radius 2 is 1.55 bits per heavy atom. The molecular formula is C16H12F3N. The number of alkyl halides is 3. The van der Waals surface area contributed by atoms with Crippen LogP contribution in [0.2, 0.25) is 0 Å². The fourth-order valence-corrected chi connectivity index (χ4v) is 2.48. The van der Waals surface area contributed by atoms with Gasteiger partial charge >= 0.3 is 6.18 Å². The zero-order chi connectivity index (χ0) is 14.2. The lowest BCUT2D eigenvalue weighted by atomic mass is 10.1. The molecule has 1 aliphatic rings. The Morgan fingerprint density at radius 3 is 2.35 bits per heavy atom. The second-order valence-electron chi connectivity index (χ2n) is 4.73. The summed E-state index contributed by atoms with van der Waals surface area (Å²) in [5, 5.41) is 0. The van der Waals surface area contributed by atoms with Crippen LogP contribution >= 0.6 is 0 Å². The molecule has 0 atom stereocenters. The van der Waals surface area contributed by atoms with Gasteiger partial charge in [-0.3, -0.25) is 4.99 Å². The second-order valence-corrected chi connectivity index (χ2v) is 4.73. The highest BCUT2D eigenvalue weighted by molar-refractivity contribution is 6.05. The fourth-order valence-electron chi connectivity index (χ4n) is 2.48. The zero-order valence-electron chi connectivity index (χ0n) is 10.6. The smallest absolute Gasteiger partial charge is 0.252 e. The van der Waals surface area contributed by atoms with Crippen molar-refractivity contribution in [3.63, 3.8) is 0 Å². The number of halogens is 3. The SMILES string of the molecule is FC(F)(F)c1ccccc1N=C1CCc2ccccc21. The Labute approximate surface area is 114 Å². The molecule has 0 saturated heterocycles. The maximum atomic E-state index is 12.9. The summed E-state index contributed by atoms with van der Waals surface area (Å²) in [6.45, 7) is 0. The van der Waals surface area contributed by atoms with Gasteiger partial charge in [0.1, 0.15) is 0 Å². The van der Waals surface area contributed by atoms with Crippen LogP contribution in [0.25, 0.3) is 0 Å². The van der Waals surface area contributed by atoms with Crippen LogP contribution in [0, 0.1) is 0 Å². The normalized spacial score (nSPS) is 16.4. The number of nitrogens with zero attached hydrogens (tertiary/aromatic N) is 1. The fraction of sp³-hybridized carbons (Fsp3) is 0.188. The molecule has 1 nitrogen and oxygen atoms in total. The van der Waals surface area contributed by atoms with Crippen LogP contribution in [0.5, 0.6) is 0 Å². The lowest BCUT2D eigenvalue weighted by Crippen LogP contribution is -2.05. The van der Waals surface area contributed by atoms with Crippen molar-refractivity contribution in [2.75, 3.05) is 0 Å². The van der Waals surface area contributed by atoms with E-state index in [1.54, 1.807) is 6.07 Å². The van der Waals surface area contributed by atoms with Crippen LogP contribution in [0.3, 0.4) is 0 Å². The van der Waals surface area contributed by atoms with E-state index >= 15 is 0 Å². The van der Waals surface area contributed by atoms with E-state index in [0.29, 0.717) is 6.42 Å². The van der Waals surface area contributed by atoms with Gasteiger partial charge < -0.3 is 0 Å². The van der Waals surface area contributed by atoms with Gasteiger partial charge in [0.2, 0.25) is 0 Å². The van der Waals surface area contributed by atoms with E-state index in [2.05, 4.69) is 4.99 Å². The number of para-hydroxylation sites is 1. The molecule has 20 heavy (non-hydrogen) atoms. The quantitative estimate of drug-likeness (QED) is 0.710. The van der Waals surface area contributed by atoms with Crippen LogP contribution in [0.4, 0.5) is 18.9 Å². The summed E-state index contributed by atoms with van der Waals surface area (Å²) >= 11 is 0. The molecule has 0 heterocycles. The Bertz CT molecular complexity index is 671. The van der Waals surface area contributed by atoms with E-state index in [1.165, 1.54) is 12.1 Å². The van der Waals surface area contributed by atoms with Crippen molar-refractivity contribution in [2.45, 2.75) is 19.0 Å². The lowest BCUT2D eigenvalue weighted by Gasteiger charge is -2.10. The van der Waals surface area contributed by atoms with Crippen LogP contribution in [0.1, 0.15) is 23.1 Å². The van der Waals surface area contributed by atoms with Gasteiger partial charge in [-0.1, -0.05) is 36.4 Å². The minimum atomic E-state index is -4.38. The van der Waals surface area contributed by atoms with E-state index in [4.69, 9.17) is 0 Å². The summed E-state index contributed by atoms with van der Waals surface area (Å²) in [4.78, 5) is 4.26. The highest BCUT2D eigenvalue weighted by Crippen LogP contribution is 2.37. The van der Waals surface area contributed by atoms with Crippen molar-refractivity contribution in [3.8, 4) is 0 Å². The monoisotopic (exact) mass is 275 g/mol. The first-order valence-corrected chi connectivity index (χ1v) is 6.38. The summed E-state index contributed by atoms with van der Waals surface area (Å²) in [5.74, 6) is 0. The first kappa shape index (κ1) is 12.9. The summed E-state index contributed by atoms with van der Waals surface area (Å²) in [7, 11) is 0. The summed E-state index contributed by atoms with van der Waals surface area (Å²) in [6.07, 6.45) is -2.85. The van der Waals surface area contributed by atoms with Crippen molar-refractivity contribution in [2.24, 2.45) is 4.99 Å². The number of aryl methyl sites for hydroxylation is 1. The van der Waals surface area contributed by atoms with E-state index in [-0.39, 0.29) is 5.69 Å². The van der Waals surface area contributed by atoms with E-state index < -0.39 is 11.7 Å². The first-order valence-electron chi connectivity index (χ1n) is 6.38. The number of fused-ring (bicyclic) bond motifs is 1. The highest BCUT2D eigenvalue weighted by atomic mass is 19.4. The number of hydrogen-bond acceptors (Lipinski definition) is 1. The van der Waals surface area contributed by atoms with Gasteiger partial charge in [0, 0.05) is 5.71 Å². The largest absolute Gasteiger partial charge is 0.418 e. The van der Waals surface area contributed by atoms with Crippen LogP contribution in [-0.2, 0) is 12.6 Å². The third-order valence-corrected chi connectivity index (χ3v) is 3.42. The predicted molar refractivity (Wildman–Crippen MR) is 72.4 cm³/mol. The van der Waals surface area contributed by atoms with Gasteiger partial charge in [0.05, 0.1) is 11.3 Å². The minimum Gasteiger partial charge on any atom is -0.252 e. The third-order valence-electron chi connectivity index (χ3n) is 3.42. The first-order chi connectivity index (χ1) is 9.55. The van der Waals surface area contributed by atoms with Gasteiger partial charge in [-0.15, -0.1) is 0 Å². The van der Waals surface area contributed by atoms with E-state index in [1.807, 2.05) is 24.3 Å². The molecule has 0 bridgehead atoms. The topological polar surface area (TPSA) is 12.4 Å². The third kappa shape index (κ3) is 2.33. The van der Waals surface area contributed by atoms with Crippen molar-refractivity contribution in [3.05, 3.63) is 65.2 Å². The number of benzene rings is 2. The molecule has 0 amide bonds. The van der Waals surface area contributed by atoms with Crippen molar-refractivity contribution >= 4 is 11.4 Å². The van der Waals surface area contributed by atoms with Crippen LogP contribution in [-0.4, -0.2) is 5.71 Å². The van der Waals surface area contributed by atoms with Crippen molar-refractivity contribution < 1.29 is 13.2 Å². The number of hydrogen-bond donors (Lipinski definition) is 0. The van der Waals surface area contributed by atoms with Gasteiger partial charge in [0.25, 0.3) is 0 Å². The van der Waals surface area contributed by atoms with Gasteiger partial charge in [-0.2, -0.15) is 13.2 Å². The molecule has 1 aliphatic carbocycles. The average Bonchev–Trinajstić information content (AvgIpc) is 2.82. The molecule has 0 saturated carbocycles. The van der Waals surface area contributed by atoms with Gasteiger partial charge in [0.15, 0.2) is 0 Å². The Hall–Kier alpha value is -2.10. The molecule has 0 unspecified atom stereocenters. The number of aliphatic imine (C=N–C) groups is 1. The molecule has 0 fully saturated rings. The maximum Gasteiger partial charge on any atom is 0.418 e. The number of rotatable bonds is 1. The summed E-state index contributed by atoms with van der Waals surface area (Å²) in [6, 6.07) is 13.2. The Balaban J connectivity index is 2.07. The van der Waals surface area contributed by atoms with E-state index in [9.17, 15) is 13.2 Å². The minimum absolute atomic E-state index is 0.00768. The Morgan fingerprint density at radius 1 is 0.850 bits per heavy atom. The Kier molecular flexibility index (Phi) is 3.08. The molecule has 0 N–H and O–H groups in total. The van der Waals surface area contributed by atoms with Crippen molar-refractivity contribution in [1.29, 1.82) is 0 Å². The van der Waals surface area contributed by atoms with Gasteiger partial charge in [-0.25, -0.2) is 0 Å². The highest BCUT2D eigenvalue weighted by Gasteiger charge is 2.33.